The molecule has 0 saturated carbocycles. The Kier molecular flexibility index (Phi) is 8.61. The van der Waals surface area contributed by atoms with E-state index in [1.54, 1.807) is 6.08 Å². The van der Waals surface area contributed by atoms with E-state index in [4.69, 9.17) is 0 Å². The van der Waals surface area contributed by atoms with Gasteiger partial charge >= 0.3 is 0 Å². The first-order valence-electron chi connectivity index (χ1n) is 18.0. The van der Waals surface area contributed by atoms with Gasteiger partial charge in [0.25, 0.3) is 0 Å². The quantitative estimate of drug-likeness (QED) is 0.153. The molecular formula is C51H42S. The molecule has 1 aliphatic rings. The Balaban J connectivity index is 1.28. The van der Waals surface area contributed by atoms with E-state index in [0.29, 0.717) is 0 Å². The van der Waals surface area contributed by atoms with Crippen LogP contribution in [0.15, 0.2) is 171 Å². The second kappa shape index (κ2) is 13.4. The van der Waals surface area contributed by atoms with Gasteiger partial charge in [0.1, 0.15) is 0 Å². The van der Waals surface area contributed by atoms with Gasteiger partial charge in [0.2, 0.25) is 0 Å². The van der Waals surface area contributed by atoms with Crippen LogP contribution < -0.4 is 0 Å². The molecule has 0 nitrogen and oxygen atoms in total. The first-order chi connectivity index (χ1) is 25.3. The molecule has 0 unspecified atom stereocenters. The smallest absolute Gasteiger partial charge is 0.0361 e. The lowest BCUT2D eigenvalue weighted by molar-refractivity contribution is 0.661. The summed E-state index contributed by atoms with van der Waals surface area (Å²) >= 11 is 1.89. The molecule has 252 valence electrons. The van der Waals surface area contributed by atoms with Gasteiger partial charge in [0.05, 0.1) is 0 Å². The molecule has 0 fully saturated rings. The zero-order valence-corrected chi connectivity index (χ0v) is 31.2. The summed E-state index contributed by atoms with van der Waals surface area (Å²) in [4.78, 5) is 0. The molecule has 0 radical (unpaired) electrons. The Bertz CT molecular complexity index is 2760. The average Bonchev–Trinajstić information content (AvgIpc) is 3.65. The van der Waals surface area contributed by atoms with Crippen molar-refractivity contribution in [3.8, 4) is 11.1 Å². The lowest BCUT2D eigenvalue weighted by Crippen LogP contribution is -2.14. The summed E-state index contributed by atoms with van der Waals surface area (Å²) in [5, 5.41) is 7.70. The molecule has 1 heteroatoms. The van der Waals surface area contributed by atoms with Crippen LogP contribution in [0.2, 0.25) is 0 Å². The van der Waals surface area contributed by atoms with Crippen LogP contribution in [-0.4, -0.2) is 0 Å². The Labute approximate surface area is 311 Å². The Morgan fingerprint density at radius 1 is 0.654 bits per heavy atom. The minimum atomic E-state index is -0.0909. The van der Waals surface area contributed by atoms with Crippen LogP contribution in [0.25, 0.3) is 69.6 Å². The molecule has 1 heterocycles. The highest BCUT2D eigenvalue weighted by Gasteiger charge is 2.36. The van der Waals surface area contributed by atoms with Crippen LogP contribution in [0.5, 0.6) is 0 Å². The number of allylic oxidation sites excluding steroid dienone is 8. The predicted octanol–water partition coefficient (Wildman–Crippen LogP) is 15.1. The summed E-state index contributed by atoms with van der Waals surface area (Å²) in [5.74, 6) is 0. The standard InChI is InChI=1S/C51H42S/c1-7-9-18-33(3)38-19-12-10-11-13-20-39(41-22-15-14-21-40(38)41)34(4)29-35(8-2)36-25-27-46-44(30-36)45-32-43-37(31-47(45)51(46,5)6)26-28-49-50(43)42-23-16-17-24-48(42)52-49/h7-32H,1,3H2,2,4-6H3/b11-10?,12-10?,13-11?,18-9-,19-12?,20-13?,34-29+,35-8+,38-19?,39-20?,40-38?,41-39?. The van der Waals surface area contributed by atoms with Crippen molar-refractivity contribution in [2.45, 2.75) is 33.1 Å². The maximum Gasteiger partial charge on any atom is 0.0361 e. The monoisotopic (exact) mass is 686 g/mol. The second-order valence-corrected chi connectivity index (χ2v) is 15.3. The number of thiophene rings is 1. The largest absolute Gasteiger partial charge is 0.135 e. The fraction of sp³-hybridized carbons (Fsp3) is 0.0980. The fourth-order valence-corrected chi connectivity index (χ4v) is 9.20. The summed E-state index contributed by atoms with van der Waals surface area (Å²) in [7, 11) is 0. The minimum Gasteiger partial charge on any atom is -0.135 e. The van der Waals surface area contributed by atoms with Gasteiger partial charge in [-0.3, -0.25) is 0 Å². The maximum atomic E-state index is 4.41. The van der Waals surface area contributed by atoms with Crippen molar-refractivity contribution in [3.63, 3.8) is 0 Å². The van der Waals surface area contributed by atoms with Gasteiger partial charge in [-0.1, -0.05) is 154 Å². The molecule has 1 aliphatic carbocycles. The zero-order valence-electron chi connectivity index (χ0n) is 30.3. The maximum absolute atomic E-state index is 4.41. The summed E-state index contributed by atoms with van der Waals surface area (Å²) in [6.45, 7) is 17.4. The molecule has 8 rings (SSSR count). The van der Waals surface area contributed by atoms with E-state index >= 15 is 0 Å². The molecule has 52 heavy (non-hydrogen) atoms. The number of hydrogen-bond donors (Lipinski definition) is 0. The third-order valence-electron chi connectivity index (χ3n) is 10.7. The number of benzene rings is 5. The molecule has 0 amide bonds. The van der Waals surface area contributed by atoms with Gasteiger partial charge in [-0.2, -0.15) is 0 Å². The molecule has 0 aliphatic heterocycles. The Morgan fingerprint density at radius 3 is 2.08 bits per heavy atom. The lowest BCUT2D eigenvalue weighted by Gasteiger charge is -2.22. The normalized spacial score (nSPS) is 13.8. The van der Waals surface area contributed by atoms with Gasteiger partial charge in [-0.25, -0.2) is 0 Å². The van der Waals surface area contributed by atoms with Crippen molar-refractivity contribution in [1.82, 2.24) is 0 Å². The highest BCUT2D eigenvalue weighted by molar-refractivity contribution is 7.26. The molecule has 0 spiro atoms. The van der Waals surface area contributed by atoms with Gasteiger partial charge in [-0.05, 0) is 121 Å². The van der Waals surface area contributed by atoms with E-state index in [-0.39, 0.29) is 5.41 Å². The summed E-state index contributed by atoms with van der Waals surface area (Å²) < 4.78 is 2.69. The van der Waals surface area contributed by atoms with E-state index in [9.17, 15) is 0 Å². The van der Waals surface area contributed by atoms with E-state index in [2.05, 4.69) is 180 Å². The van der Waals surface area contributed by atoms with Gasteiger partial charge < -0.3 is 0 Å². The fourth-order valence-electron chi connectivity index (χ4n) is 8.08. The van der Waals surface area contributed by atoms with Crippen LogP contribution in [-0.2, 0) is 5.41 Å². The van der Waals surface area contributed by atoms with Crippen molar-refractivity contribution in [2.24, 2.45) is 0 Å². The average molecular weight is 687 g/mol. The van der Waals surface area contributed by atoms with Crippen molar-refractivity contribution in [2.75, 3.05) is 0 Å². The number of rotatable bonds is 6. The third kappa shape index (κ3) is 5.63. The van der Waals surface area contributed by atoms with Crippen molar-refractivity contribution in [1.29, 1.82) is 0 Å². The van der Waals surface area contributed by atoms with E-state index in [1.807, 2.05) is 23.5 Å². The Morgan fingerprint density at radius 2 is 1.33 bits per heavy atom. The van der Waals surface area contributed by atoms with Crippen LogP contribution >= 0.6 is 11.3 Å². The zero-order chi connectivity index (χ0) is 36.0. The van der Waals surface area contributed by atoms with Crippen molar-refractivity contribution in [3.05, 3.63) is 199 Å². The van der Waals surface area contributed by atoms with Gasteiger partial charge in [0.15, 0.2) is 0 Å². The lowest BCUT2D eigenvalue weighted by atomic mass is 9.81. The van der Waals surface area contributed by atoms with Crippen LogP contribution in [0, 0.1) is 0 Å². The summed E-state index contributed by atoms with van der Waals surface area (Å²) in [6.07, 6.45) is 10.3. The predicted molar refractivity (Wildman–Crippen MR) is 232 cm³/mol. The van der Waals surface area contributed by atoms with E-state index in [1.165, 1.54) is 80.9 Å². The summed E-state index contributed by atoms with van der Waals surface area (Å²) in [5.41, 5.74) is 12.2. The molecule has 6 aromatic carbocycles. The molecule has 0 N–H and O–H groups in total. The van der Waals surface area contributed by atoms with Crippen LogP contribution in [0.4, 0.5) is 0 Å². The highest BCUT2D eigenvalue weighted by Crippen LogP contribution is 2.52. The molecule has 7 aromatic rings. The first kappa shape index (κ1) is 33.4. The Hall–Kier alpha value is -5.76. The second-order valence-electron chi connectivity index (χ2n) is 14.2. The SMILES string of the molecule is C=C/C=C\C(=C)c1ccccccc(/C(C)=C/C(=C\C)c2ccc3c(c2)-c2cc4c(ccc5sc6ccccc6c54)cc2C3(C)C)c2ccccc12. The molecule has 0 saturated heterocycles. The van der Waals surface area contributed by atoms with E-state index < -0.39 is 0 Å². The molecule has 0 bridgehead atoms. The molecule has 1 aromatic heterocycles. The minimum absolute atomic E-state index is 0.0909. The summed E-state index contributed by atoms with van der Waals surface area (Å²) in [6, 6.07) is 46.9. The highest BCUT2D eigenvalue weighted by atomic mass is 32.1. The van der Waals surface area contributed by atoms with Crippen LogP contribution in [0.1, 0.15) is 55.5 Å². The van der Waals surface area contributed by atoms with E-state index in [0.717, 1.165) is 16.5 Å². The molecular weight excluding hydrogens is 645 g/mol. The van der Waals surface area contributed by atoms with Crippen LogP contribution in [0.3, 0.4) is 0 Å². The van der Waals surface area contributed by atoms with Crippen molar-refractivity contribution >= 4 is 69.8 Å². The molecule has 0 atom stereocenters. The third-order valence-corrected chi connectivity index (χ3v) is 11.9. The first-order valence-corrected chi connectivity index (χ1v) is 18.8. The topological polar surface area (TPSA) is 0 Å². The van der Waals surface area contributed by atoms with Gasteiger partial charge in [0, 0.05) is 25.6 Å². The number of fused-ring (bicyclic) bond motifs is 9. The van der Waals surface area contributed by atoms with Gasteiger partial charge in [-0.15, -0.1) is 11.3 Å². The number of hydrogen-bond acceptors (Lipinski definition) is 1. The van der Waals surface area contributed by atoms with Crippen molar-refractivity contribution < 1.29 is 0 Å².